The number of halogens is 3. The summed E-state index contributed by atoms with van der Waals surface area (Å²) in [6.45, 7) is 3.44. The molecule has 7 heteroatoms. The van der Waals surface area contributed by atoms with E-state index in [2.05, 4.69) is 15.0 Å². The Kier molecular flexibility index (Phi) is 3.43. The van der Waals surface area contributed by atoms with Gasteiger partial charge < -0.3 is 5.73 Å². The first-order valence-electron chi connectivity index (χ1n) is 6.84. The van der Waals surface area contributed by atoms with E-state index in [0.29, 0.717) is 22.6 Å². The van der Waals surface area contributed by atoms with Crippen LogP contribution >= 0.6 is 0 Å². The average Bonchev–Trinajstić information content (AvgIpc) is 2.49. The number of nitrogen functional groups attached to an aromatic ring is 1. The first kappa shape index (κ1) is 15.2. The van der Waals surface area contributed by atoms with E-state index in [0.717, 1.165) is 17.2 Å². The summed E-state index contributed by atoms with van der Waals surface area (Å²) in [6, 6.07) is 6.35. The van der Waals surface area contributed by atoms with Crippen molar-refractivity contribution >= 4 is 16.7 Å². The first-order chi connectivity index (χ1) is 10.8. The normalized spacial score (nSPS) is 11.9. The van der Waals surface area contributed by atoms with Gasteiger partial charge in [-0.25, -0.2) is 15.0 Å². The predicted octanol–water partition coefficient (Wildman–Crippen LogP) is 3.91. The number of benzene rings is 1. The van der Waals surface area contributed by atoms with E-state index in [9.17, 15) is 13.2 Å². The lowest BCUT2D eigenvalue weighted by Crippen LogP contribution is -2.09. The zero-order valence-corrected chi connectivity index (χ0v) is 12.4. The van der Waals surface area contributed by atoms with Gasteiger partial charge in [0.05, 0.1) is 11.7 Å². The van der Waals surface area contributed by atoms with Crippen molar-refractivity contribution in [2.45, 2.75) is 20.0 Å². The van der Waals surface area contributed by atoms with Gasteiger partial charge in [0.15, 0.2) is 5.82 Å². The van der Waals surface area contributed by atoms with Crippen LogP contribution in [0.2, 0.25) is 0 Å². The maximum Gasteiger partial charge on any atom is 0.433 e. The molecular weight excluding hydrogens is 305 g/mol. The summed E-state index contributed by atoms with van der Waals surface area (Å²) in [6.07, 6.45) is -3.18. The summed E-state index contributed by atoms with van der Waals surface area (Å²) in [5.74, 6) is 0.422. The molecule has 2 heterocycles. The monoisotopic (exact) mass is 318 g/mol. The molecule has 2 N–H and O–H groups in total. The van der Waals surface area contributed by atoms with Gasteiger partial charge >= 0.3 is 6.18 Å². The molecule has 0 unspecified atom stereocenters. The molecule has 0 bridgehead atoms. The van der Waals surface area contributed by atoms with E-state index in [-0.39, 0.29) is 5.52 Å². The third-order valence-corrected chi connectivity index (χ3v) is 3.56. The maximum absolute atomic E-state index is 12.8. The number of pyridine rings is 1. The van der Waals surface area contributed by atoms with E-state index >= 15 is 0 Å². The van der Waals surface area contributed by atoms with Crippen molar-refractivity contribution < 1.29 is 13.2 Å². The number of hydrogen-bond acceptors (Lipinski definition) is 4. The third kappa shape index (κ3) is 2.81. The van der Waals surface area contributed by atoms with Gasteiger partial charge in [-0.2, -0.15) is 13.2 Å². The molecule has 0 spiro atoms. The van der Waals surface area contributed by atoms with Crippen molar-refractivity contribution in [2.24, 2.45) is 0 Å². The Labute approximate surface area is 130 Å². The van der Waals surface area contributed by atoms with Gasteiger partial charge in [0.1, 0.15) is 11.2 Å². The molecule has 0 saturated carbocycles. The number of aryl methyl sites for hydroxylation is 2. The minimum atomic E-state index is -4.49. The predicted molar refractivity (Wildman–Crippen MR) is 81.7 cm³/mol. The lowest BCUT2D eigenvalue weighted by atomic mass is 10.1. The number of aromatic nitrogens is 3. The highest BCUT2D eigenvalue weighted by Crippen LogP contribution is 2.30. The number of alkyl halides is 3. The van der Waals surface area contributed by atoms with Crippen LogP contribution < -0.4 is 5.73 Å². The van der Waals surface area contributed by atoms with Crippen molar-refractivity contribution in [3.63, 3.8) is 0 Å². The Morgan fingerprint density at radius 1 is 1.00 bits per heavy atom. The minimum Gasteiger partial charge on any atom is -0.399 e. The second-order valence-electron chi connectivity index (χ2n) is 5.32. The van der Waals surface area contributed by atoms with Gasteiger partial charge in [-0.15, -0.1) is 0 Å². The Morgan fingerprint density at radius 2 is 1.74 bits per heavy atom. The van der Waals surface area contributed by atoms with Gasteiger partial charge in [-0.3, -0.25) is 0 Å². The lowest BCUT2D eigenvalue weighted by Gasteiger charge is -2.10. The highest BCUT2D eigenvalue weighted by Gasteiger charge is 2.33. The molecule has 1 aromatic carbocycles. The molecule has 118 valence electrons. The largest absolute Gasteiger partial charge is 0.433 e. The Hall–Kier alpha value is -2.70. The molecule has 0 aliphatic heterocycles. The van der Waals surface area contributed by atoms with Crippen molar-refractivity contribution in [1.29, 1.82) is 0 Å². The van der Waals surface area contributed by atoms with E-state index < -0.39 is 11.9 Å². The molecule has 0 saturated heterocycles. The fourth-order valence-corrected chi connectivity index (χ4v) is 2.28. The second-order valence-corrected chi connectivity index (χ2v) is 5.32. The molecule has 0 aliphatic carbocycles. The van der Waals surface area contributed by atoms with Gasteiger partial charge in [-0.1, -0.05) is 0 Å². The molecule has 2 aromatic heterocycles. The summed E-state index contributed by atoms with van der Waals surface area (Å²) < 4.78 is 38.4. The molecule has 0 radical (unpaired) electrons. The van der Waals surface area contributed by atoms with Gasteiger partial charge in [0.2, 0.25) is 0 Å². The van der Waals surface area contributed by atoms with Crippen LogP contribution in [0.1, 0.15) is 16.8 Å². The number of rotatable bonds is 1. The smallest absolute Gasteiger partial charge is 0.399 e. The van der Waals surface area contributed by atoms with Gasteiger partial charge in [-0.05, 0) is 49.2 Å². The van der Waals surface area contributed by atoms with Crippen LogP contribution in [-0.2, 0) is 6.18 Å². The van der Waals surface area contributed by atoms with E-state index in [4.69, 9.17) is 5.73 Å². The molecule has 0 atom stereocenters. The van der Waals surface area contributed by atoms with Crippen LogP contribution in [0.15, 0.2) is 30.5 Å². The SMILES string of the molecule is Cc1cc(-c2ncc3nc(C(F)(F)F)cc(C)c3n2)ccc1N. The zero-order chi connectivity index (χ0) is 16.8. The van der Waals surface area contributed by atoms with E-state index in [1.54, 1.807) is 19.1 Å². The molecular formula is C16H13F3N4. The standard InChI is InChI=1S/C16H13F3N4/c1-8-5-10(3-4-11(8)20)15-21-7-12-14(23-15)9(2)6-13(22-12)16(17,18)19/h3-7H,20H2,1-2H3. The van der Waals surface area contributed by atoms with Gasteiger partial charge in [0, 0.05) is 11.3 Å². The molecule has 0 aliphatic rings. The Balaban J connectivity index is 2.16. The summed E-state index contributed by atoms with van der Waals surface area (Å²) in [4.78, 5) is 12.1. The fourth-order valence-electron chi connectivity index (χ4n) is 2.28. The van der Waals surface area contributed by atoms with Crippen molar-refractivity contribution in [2.75, 3.05) is 5.73 Å². The summed E-state index contributed by atoms with van der Waals surface area (Å²) in [5.41, 5.74) is 8.05. The quantitative estimate of drug-likeness (QED) is 0.691. The van der Waals surface area contributed by atoms with E-state index in [1.165, 1.54) is 6.20 Å². The number of anilines is 1. The number of nitrogens with zero attached hydrogens (tertiary/aromatic N) is 3. The Morgan fingerprint density at radius 3 is 2.39 bits per heavy atom. The molecule has 3 aromatic rings. The highest BCUT2D eigenvalue weighted by molar-refractivity contribution is 5.79. The lowest BCUT2D eigenvalue weighted by molar-refractivity contribution is -0.141. The topological polar surface area (TPSA) is 64.7 Å². The van der Waals surface area contributed by atoms with Crippen molar-refractivity contribution in [3.05, 3.63) is 47.3 Å². The zero-order valence-electron chi connectivity index (χ0n) is 12.4. The first-order valence-corrected chi connectivity index (χ1v) is 6.84. The number of hydrogen-bond donors (Lipinski definition) is 1. The highest BCUT2D eigenvalue weighted by atomic mass is 19.4. The summed E-state index contributed by atoms with van der Waals surface area (Å²) >= 11 is 0. The molecule has 0 fully saturated rings. The molecule has 4 nitrogen and oxygen atoms in total. The van der Waals surface area contributed by atoms with E-state index in [1.807, 2.05) is 13.0 Å². The minimum absolute atomic E-state index is 0.119. The van der Waals surface area contributed by atoms with Crippen LogP contribution in [0.25, 0.3) is 22.4 Å². The molecule has 23 heavy (non-hydrogen) atoms. The number of nitrogens with two attached hydrogens (primary N) is 1. The van der Waals surface area contributed by atoms with Crippen molar-refractivity contribution in [3.8, 4) is 11.4 Å². The third-order valence-electron chi connectivity index (χ3n) is 3.56. The summed E-state index contributed by atoms with van der Waals surface area (Å²) in [7, 11) is 0. The summed E-state index contributed by atoms with van der Waals surface area (Å²) in [5, 5.41) is 0. The van der Waals surface area contributed by atoms with Crippen LogP contribution in [0.4, 0.5) is 18.9 Å². The second kappa shape index (κ2) is 5.19. The van der Waals surface area contributed by atoms with Gasteiger partial charge in [0.25, 0.3) is 0 Å². The molecule has 0 amide bonds. The number of fused-ring (bicyclic) bond motifs is 1. The van der Waals surface area contributed by atoms with Crippen LogP contribution in [0, 0.1) is 13.8 Å². The van der Waals surface area contributed by atoms with Crippen LogP contribution in [0.3, 0.4) is 0 Å². The van der Waals surface area contributed by atoms with Crippen molar-refractivity contribution in [1.82, 2.24) is 15.0 Å². The van der Waals surface area contributed by atoms with Crippen LogP contribution in [-0.4, -0.2) is 15.0 Å². The maximum atomic E-state index is 12.8. The van der Waals surface area contributed by atoms with Crippen LogP contribution in [0.5, 0.6) is 0 Å². The average molecular weight is 318 g/mol. The Bertz CT molecular complexity index is 904. The fraction of sp³-hybridized carbons (Fsp3) is 0.188. The molecule has 3 rings (SSSR count).